The van der Waals surface area contributed by atoms with Gasteiger partial charge in [-0.25, -0.2) is 9.97 Å². The number of carbonyl (C=O) groups is 1. The zero-order valence-electron chi connectivity index (χ0n) is 21.2. The van der Waals surface area contributed by atoms with Crippen molar-refractivity contribution in [1.82, 2.24) is 19.5 Å². The van der Waals surface area contributed by atoms with E-state index >= 15 is 0 Å². The van der Waals surface area contributed by atoms with Gasteiger partial charge in [0, 0.05) is 30.9 Å². The van der Waals surface area contributed by atoms with E-state index < -0.39 is 53.8 Å². The second kappa shape index (κ2) is 7.21. The van der Waals surface area contributed by atoms with E-state index in [2.05, 4.69) is 20.3 Å². The quantitative estimate of drug-likeness (QED) is 0.562. The van der Waals surface area contributed by atoms with E-state index in [0.29, 0.717) is 16.5 Å². The highest BCUT2D eigenvalue weighted by molar-refractivity contribution is 6.02. The van der Waals surface area contributed by atoms with Gasteiger partial charge in [-0.2, -0.15) is 0 Å². The van der Waals surface area contributed by atoms with Crippen LogP contribution in [0, 0.1) is 0 Å². The SMILES string of the molecule is [2H]/C(C(=O)Nc1cc2cc(-c3cncn3C)ncc2cn1)=C(/[2H])c1c([2H])c([2H])c([2H])c([2H])c1[2H]. The summed E-state index contributed by atoms with van der Waals surface area (Å²) >= 11 is 0. The van der Waals surface area contributed by atoms with Crippen molar-refractivity contribution in [3.05, 3.63) is 78.9 Å². The molecule has 132 valence electrons. The van der Waals surface area contributed by atoms with Crippen LogP contribution in [0.15, 0.2) is 73.3 Å². The summed E-state index contributed by atoms with van der Waals surface area (Å²) < 4.78 is 57.0. The van der Waals surface area contributed by atoms with Crippen molar-refractivity contribution >= 4 is 28.5 Å². The smallest absolute Gasteiger partial charge is 0.249 e. The molecule has 0 spiro atoms. The molecule has 0 aliphatic carbocycles. The van der Waals surface area contributed by atoms with Crippen molar-refractivity contribution in [3.8, 4) is 11.4 Å². The molecule has 4 aromatic rings. The minimum absolute atomic E-state index is 0.110. The number of benzene rings is 1. The number of imidazole rings is 1. The molecule has 1 N–H and O–H groups in total. The Balaban J connectivity index is 1.68. The predicted octanol–water partition coefficient (Wildman–Crippen LogP) is 3.68. The molecule has 0 fully saturated rings. The van der Waals surface area contributed by atoms with Crippen molar-refractivity contribution in [2.45, 2.75) is 0 Å². The van der Waals surface area contributed by atoms with E-state index in [1.165, 1.54) is 6.20 Å². The molecular weight excluding hydrogens is 338 g/mol. The first-order valence-corrected chi connectivity index (χ1v) is 7.88. The number of hydrogen-bond donors (Lipinski definition) is 1. The van der Waals surface area contributed by atoms with Crippen LogP contribution >= 0.6 is 0 Å². The summed E-state index contributed by atoms with van der Waals surface area (Å²) in [5, 5.41) is 3.85. The number of fused-ring (bicyclic) bond motifs is 1. The summed E-state index contributed by atoms with van der Waals surface area (Å²) in [7, 11) is 1.84. The van der Waals surface area contributed by atoms with Gasteiger partial charge in [-0.05, 0) is 29.1 Å². The molecule has 0 atom stereocenters. The van der Waals surface area contributed by atoms with Gasteiger partial charge < -0.3 is 9.88 Å². The molecule has 0 bridgehead atoms. The van der Waals surface area contributed by atoms with Gasteiger partial charge >= 0.3 is 0 Å². The van der Waals surface area contributed by atoms with Gasteiger partial charge in [-0.1, -0.05) is 30.2 Å². The monoisotopic (exact) mass is 362 g/mol. The lowest BCUT2D eigenvalue weighted by Crippen LogP contribution is -2.09. The summed E-state index contributed by atoms with van der Waals surface area (Å²) in [5.41, 5.74) is 0.925. The fourth-order valence-corrected chi connectivity index (χ4v) is 2.43. The standard InChI is InChI=1S/C21H17N5O/c1-26-14-22-13-19(26)18-9-16-10-20(24-12-17(16)11-23-18)25-21(27)8-7-15-5-3-2-4-6-15/h2-14H,1H3,(H,24,25,27)/b8-7+/i2D,3D,4D,5D,6D,7D,8D. The topological polar surface area (TPSA) is 72.7 Å². The minimum Gasteiger partial charge on any atom is -0.332 e. The Morgan fingerprint density at radius 1 is 1.15 bits per heavy atom. The van der Waals surface area contributed by atoms with E-state index in [4.69, 9.17) is 9.60 Å². The Morgan fingerprint density at radius 3 is 2.74 bits per heavy atom. The fraction of sp³-hybridized carbons (Fsp3) is 0.0476. The number of anilines is 1. The van der Waals surface area contributed by atoms with Gasteiger partial charge in [0.15, 0.2) is 0 Å². The Morgan fingerprint density at radius 2 is 1.96 bits per heavy atom. The minimum atomic E-state index is -1.01. The number of aryl methyl sites for hydroxylation is 1. The van der Waals surface area contributed by atoms with Gasteiger partial charge in [-0.3, -0.25) is 9.78 Å². The van der Waals surface area contributed by atoms with Crippen molar-refractivity contribution in [2.24, 2.45) is 7.05 Å². The van der Waals surface area contributed by atoms with Crippen LogP contribution in [0.5, 0.6) is 0 Å². The second-order valence-electron chi connectivity index (χ2n) is 5.58. The van der Waals surface area contributed by atoms with Gasteiger partial charge in [0.25, 0.3) is 0 Å². The summed E-state index contributed by atoms with van der Waals surface area (Å²) in [6, 6.07) is -1.53. The molecule has 0 unspecified atom stereocenters. The zero-order valence-corrected chi connectivity index (χ0v) is 14.2. The molecule has 0 saturated heterocycles. The third kappa shape index (κ3) is 3.74. The number of carbonyl (C=O) groups excluding carboxylic acids is 1. The van der Waals surface area contributed by atoms with Crippen LogP contribution in [0.2, 0.25) is 0 Å². The Labute approximate surface area is 166 Å². The molecule has 1 amide bonds. The van der Waals surface area contributed by atoms with Crippen LogP contribution < -0.4 is 5.32 Å². The lowest BCUT2D eigenvalue weighted by atomic mass is 10.1. The molecule has 1 aromatic carbocycles. The van der Waals surface area contributed by atoms with Crippen LogP contribution in [0.4, 0.5) is 5.82 Å². The van der Waals surface area contributed by atoms with Crippen LogP contribution in [0.1, 0.15) is 15.2 Å². The lowest BCUT2D eigenvalue weighted by molar-refractivity contribution is -0.111. The van der Waals surface area contributed by atoms with Gasteiger partial charge in [0.1, 0.15) is 5.82 Å². The molecular formula is C21H17N5O. The average molecular weight is 362 g/mol. The number of pyridine rings is 2. The number of nitrogens with one attached hydrogen (secondary N) is 1. The number of aromatic nitrogens is 4. The van der Waals surface area contributed by atoms with Crippen LogP contribution in [-0.2, 0) is 11.8 Å². The third-order valence-electron chi connectivity index (χ3n) is 3.72. The molecule has 6 heteroatoms. The van der Waals surface area contributed by atoms with Gasteiger partial charge in [0.2, 0.25) is 5.91 Å². The molecule has 4 rings (SSSR count). The Kier molecular flexibility index (Phi) is 2.77. The first-order valence-electron chi connectivity index (χ1n) is 11.4. The fourth-order valence-electron chi connectivity index (χ4n) is 2.43. The summed E-state index contributed by atoms with van der Waals surface area (Å²) in [5.74, 6) is -0.900. The maximum absolute atomic E-state index is 12.6. The molecule has 27 heavy (non-hydrogen) atoms. The van der Waals surface area contributed by atoms with Crippen molar-refractivity contribution < 1.29 is 14.4 Å². The van der Waals surface area contributed by atoms with E-state index in [0.717, 1.165) is 5.69 Å². The van der Waals surface area contributed by atoms with E-state index in [1.807, 2.05) is 11.6 Å². The van der Waals surface area contributed by atoms with E-state index in [9.17, 15) is 4.79 Å². The van der Waals surface area contributed by atoms with Gasteiger partial charge in [0.05, 0.1) is 33.5 Å². The molecule has 0 aliphatic rings. The summed E-state index contributed by atoms with van der Waals surface area (Å²) in [4.78, 5) is 25.2. The highest BCUT2D eigenvalue weighted by Crippen LogP contribution is 2.22. The largest absolute Gasteiger partial charge is 0.332 e. The molecule has 6 nitrogen and oxygen atoms in total. The highest BCUT2D eigenvalue weighted by atomic mass is 16.1. The first-order chi connectivity index (χ1) is 16.1. The number of rotatable bonds is 4. The van der Waals surface area contributed by atoms with E-state index in [1.54, 1.807) is 30.9 Å². The predicted molar refractivity (Wildman–Crippen MR) is 106 cm³/mol. The van der Waals surface area contributed by atoms with E-state index in [-0.39, 0.29) is 5.82 Å². The lowest BCUT2D eigenvalue weighted by Gasteiger charge is -2.06. The molecule has 0 aliphatic heterocycles. The van der Waals surface area contributed by atoms with Gasteiger partial charge in [-0.15, -0.1) is 0 Å². The van der Waals surface area contributed by atoms with Crippen molar-refractivity contribution in [2.75, 3.05) is 5.32 Å². The van der Waals surface area contributed by atoms with Crippen molar-refractivity contribution in [3.63, 3.8) is 0 Å². The summed E-state index contributed by atoms with van der Waals surface area (Å²) in [6.07, 6.45) is 6.45. The number of hydrogen-bond acceptors (Lipinski definition) is 4. The molecule has 3 aromatic heterocycles. The van der Waals surface area contributed by atoms with Crippen LogP contribution in [-0.4, -0.2) is 25.4 Å². The highest BCUT2D eigenvalue weighted by Gasteiger charge is 2.07. The van der Waals surface area contributed by atoms with Crippen molar-refractivity contribution in [1.29, 1.82) is 0 Å². The van der Waals surface area contributed by atoms with Crippen LogP contribution in [0.25, 0.3) is 28.2 Å². The Hall–Kier alpha value is -3.80. The molecule has 3 heterocycles. The number of nitrogens with zero attached hydrogens (tertiary/aromatic N) is 4. The summed E-state index contributed by atoms with van der Waals surface area (Å²) in [6.45, 7) is 0. The maximum Gasteiger partial charge on any atom is 0.249 e. The molecule has 0 radical (unpaired) electrons. The second-order valence-corrected chi connectivity index (χ2v) is 5.58. The van der Waals surface area contributed by atoms with Crippen LogP contribution in [0.3, 0.4) is 0 Å². The zero-order chi connectivity index (χ0) is 24.7. The molecule has 0 saturated carbocycles. The number of amides is 1. The maximum atomic E-state index is 12.6. The average Bonchev–Trinajstić information content (AvgIpc) is 3.26. The first kappa shape index (κ1) is 10.4. The third-order valence-corrected chi connectivity index (χ3v) is 3.72. The normalized spacial score (nSPS) is 15.5. The Bertz CT molecular complexity index is 1470.